The predicted octanol–water partition coefficient (Wildman–Crippen LogP) is 7.18. The van der Waals surface area contributed by atoms with E-state index in [4.69, 9.17) is 0 Å². The molecule has 1 atom stereocenters. The van der Waals surface area contributed by atoms with Crippen LogP contribution in [0.1, 0.15) is 80.1 Å². The number of rotatable bonds is 3. The maximum absolute atomic E-state index is 13.5. The molecule has 5 aromatic carbocycles. The van der Waals surface area contributed by atoms with Crippen LogP contribution in [0.2, 0.25) is 0 Å². The number of hydrogen-bond donors (Lipinski definition) is 2. The maximum atomic E-state index is 13.5. The zero-order valence-electron chi connectivity index (χ0n) is 20.6. The van der Waals surface area contributed by atoms with Gasteiger partial charge < -0.3 is 0 Å². The van der Waals surface area contributed by atoms with E-state index in [0.717, 1.165) is 48.8 Å². The Bertz CT molecular complexity index is 1970. The van der Waals surface area contributed by atoms with Crippen LogP contribution in [0.3, 0.4) is 0 Å². The molecule has 1 unspecified atom stereocenters. The summed E-state index contributed by atoms with van der Waals surface area (Å²) in [7, 11) is 0. The molecule has 0 spiro atoms. The predicted molar refractivity (Wildman–Crippen MR) is 155 cm³/mol. The quantitative estimate of drug-likeness (QED) is 0.125. The van der Waals surface area contributed by atoms with Gasteiger partial charge in [-0.2, -0.15) is 0 Å². The molecule has 5 aromatic rings. The van der Waals surface area contributed by atoms with Crippen LogP contribution in [-0.2, 0) is 0 Å². The number of fused-ring (bicyclic) bond motifs is 2. The number of amides is 4. The van der Waals surface area contributed by atoms with Gasteiger partial charge in [0.2, 0.25) is 0 Å². The van der Waals surface area contributed by atoms with E-state index in [0.29, 0.717) is 43.4 Å². The minimum absolute atomic E-state index is 0.0210. The van der Waals surface area contributed by atoms with Crippen molar-refractivity contribution in [3.63, 3.8) is 0 Å². The lowest BCUT2D eigenvalue weighted by atomic mass is 9.78. The summed E-state index contributed by atoms with van der Waals surface area (Å²) in [5.74, 6) is -1.26. The van der Waals surface area contributed by atoms with E-state index < -0.39 is 23.6 Å². The maximum Gasteiger partial charge on any atom is 0.259 e. The van der Waals surface area contributed by atoms with Gasteiger partial charge in [-0.25, -0.2) is 0 Å². The van der Waals surface area contributed by atoms with Crippen molar-refractivity contribution < 1.29 is 19.2 Å². The molecule has 0 fully saturated rings. The molecule has 2 aliphatic rings. The second kappa shape index (κ2) is 7.83. The second-order valence-electron chi connectivity index (χ2n) is 10.7. The first-order valence-corrected chi connectivity index (χ1v) is 14.0. The van der Waals surface area contributed by atoms with Crippen LogP contribution in [-0.4, -0.2) is 23.6 Å². The molecule has 2 aliphatic heterocycles. The molecular weight excluding hydrogens is 612 g/mol. The molecule has 38 heavy (non-hydrogen) atoms. The van der Waals surface area contributed by atoms with Crippen LogP contribution in [0.15, 0.2) is 39.3 Å². The molecule has 0 saturated heterocycles. The molecule has 0 radical (unpaired) electrons. The summed E-state index contributed by atoms with van der Waals surface area (Å²) in [5.41, 5.74) is 2.73. The van der Waals surface area contributed by atoms with Gasteiger partial charge in [-0.1, -0.05) is 48.8 Å². The number of carbonyl (C=O) groups is 4. The monoisotopic (exact) mass is 630 g/mol. The summed E-state index contributed by atoms with van der Waals surface area (Å²) in [6, 6.07) is 9.06. The second-order valence-corrected chi connectivity index (χ2v) is 12.3. The number of imide groups is 2. The smallest absolute Gasteiger partial charge is 0.259 e. The Morgan fingerprint density at radius 1 is 0.658 bits per heavy atom. The van der Waals surface area contributed by atoms with Crippen molar-refractivity contribution in [3.8, 4) is 0 Å². The molecule has 2 heterocycles. The fraction of sp³-hybridized carbons (Fsp3) is 0.200. The number of halogens is 2. The first-order chi connectivity index (χ1) is 18.1. The number of hydrogen-bond acceptors (Lipinski definition) is 4. The van der Waals surface area contributed by atoms with Gasteiger partial charge in [-0.3, -0.25) is 29.8 Å². The van der Waals surface area contributed by atoms with Crippen LogP contribution < -0.4 is 10.6 Å². The van der Waals surface area contributed by atoms with E-state index in [2.05, 4.69) is 63.3 Å². The lowest BCUT2D eigenvalue weighted by Gasteiger charge is -2.29. The Morgan fingerprint density at radius 2 is 1.24 bits per heavy atom. The molecular formula is C30H20Br2N2O4. The number of carbonyl (C=O) groups excluding carboxylic acids is 4. The van der Waals surface area contributed by atoms with Gasteiger partial charge in [0, 0.05) is 52.6 Å². The third kappa shape index (κ3) is 2.87. The Morgan fingerprint density at radius 3 is 1.87 bits per heavy atom. The highest BCUT2D eigenvalue weighted by Crippen LogP contribution is 2.52. The van der Waals surface area contributed by atoms with Crippen molar-refractivity contribution >= 4 is 98.6 Å². The van der Waals surface area contributed by atoms with Crippen LogP contribution in [0.25, 0.3) is 43.1 Å². The van der Waals surface area contributed by atoms with Gasteiger partial charge in [-0.05, 0) is 74.1 Å². The molecule has 2 N–H and O–H groups in total. The van der Waals surface area contributed by atoms with Gasteiger partial charge in [0.1, 0.15) is 0 Å². The van der Waals surface area contributed by atoms with Gasteiger partial charge in [0.15, 0.2) is 0 Å². The molecule has 6 nitrogen and oxygen atoms in total. The molecule has 8 heteroatoms. The van der Waals surface area contributed by atoms with Crippen molar-refractivity contribution in [1.29, 1.82) is 0 Å². The summed E-state index contributed by atoms with van der Waals surface area (Å²) in [6.45, 7) is 6.39. The normalized spacial score (nSPS) is 15.8. The Balaban J connectivity index is 1.82. The van der Waals surface area contributed by atoms with Crippen LogP contribution in [0.4, 0.5) is 0 Å². The minimum atomic E-state index is -0.427. The van der Waals surface area contributed by atoms with Crippen molar-refractivity contribution in [3.05, 3.63) is 67.1 Å². The first kappa shape index (κ1) is 23.7. The molecule has 0 saturated carbocycles. The highest BCUT2D eigenvalue weighted by molar-refractivity contribution is 9.11. The summed E-state index contributed by atoms with van der Waals surface area (Å²) in [5, 5.41) is 11.3. The van der Waals surface area contributed by atoms with E-state index in [1.807, 2.05) is 12.1 Å². The van der Waals surface area contributed by atoms with E-state index in [1.165, 1.54) is 0 Å². The Labute approximate surface area is 233 Å². The van der Waals surface area contributed by atoms with Crippen molar-refractivity contribution in [2.75, 3.05) is 0 Å². The van der Waals surface area contributed by atoms with Gasteiger partial charge in [-0.15, -0.1) is 0 Å². The van der Waals surface area contributed by atoms with Gasteiger partial charge >= 0.3 is 0 Å². The lowest BCUT2D eigenvalue weighted by Crippen LogP contribution is -2.36. The molecule has 0 aliphatic carbocycles. The van der Waals surface area contributed by atoms with E-state index >= 15 is 0 Å². The SMILES string of the molecule is CC(C)CC(C)c1c2c3c(cc(Br)c4c5ccc6c7c(ccc(c(c1Br)c34)c75)C(=O)NC6=O)C(=O)NC2=O. The van der Waals surface area contributed by atoms with Crippen molar-refractivity contribution in [2.45, 2.75) is 33.1 Å². The lowest BCUT2D eigenvalue weighted by molar-refractivity contribution is 0.0828. The van der Waals surface area contributed by atoms with Crippen molar-refractivity contribution in [1.82, 2.24) is 10.6 Å². The zero-order chi connectivity index (χ0) is 26.8. The third-order valence-corrected chi connectivity index (χ3v) is 9.39. The zero-order valence-corrected chi connectivity index (χ0v) is 23.8. The highest BCUT2D eigenvalue weighted by atomic mass is 79.9. The van der Waals surface area contributed by atoms with Crippen LogP contribution in [0.5, 0.6) is 0 Å². The largest absolute Gasteiger partial charge is 0.288 e. The van der Waals surface area contributed by atoms with Gasteiger partial charge in [0.05, 0.1) is 5.56 Å². The first-order valence-electron chi connectivity index (χ1n) is 12.4. The summed E-state index contributed by atoms with van der Waals surface area (Å²) >= 11 is 7.63. The summed E-state index contributed by atoms with van der Waals surface area (Å²) < 4.78 is 1.49. The summed E-state index contributed by atoms with van der Waals surface area (Å²) in [4.78, 5) is 52.2. The van der Waals surface area contributed by atoms with E-state index in [9.17, 15) is 19.2 Å². The average molecular weight is 632 g/mol. The standard InChI is InChI=1S/C30H20Br2N2O4/c1-10(2)8-11(3)18-25-22-16(29(37)34-30(25)38)9-17(31)21-12-4-6-14-20-15(28(36)33-27(14)35)7-5-13(19(12)20)23(24(21)22)26(18)32/h4-7,9-11H,8H2,1-3H3,(H,33,35,36)(H,34,37,38). The van der Waals surface area contributed by atoms with Crippen LogP contribution >= 0.6 is 31.9 Å². The topological polar surface area (TPSA) is 92.3 Å². The number of nitrogens with one attached hydrogen (secondary N) is 2. The van der Waals surface area contributed by atoms with E-state index in [-0.39, 0.29) is 5.92 Å². The molecule has 7 rings (SSSR count). The number of benzene rings is 5. The fourth-order valence-electron chi connectivity index (χ4n) is 6.63. The van der Waals surface area contributed by atoms with E-state index in [1.54, 1.807) is 18.2 Å². The Hall–Kier alpha value is -3.36. The summed E-state index contributed by atoms with van der Waals surface area (Å²) in [6.07, 6.45) is 0.847. The molecule has 188 valence electrons. The highest BCUT2D eigenvalue weighted by Gasteiger charge is 2.36. The average Bonchev–Trinajstić information content (AvgIpc) is 2.85. The minimum Gasteiger partial charge on any atom is -0.288 e. The molecule has 4 amide bonds. The molecule has 0 aromatic heterocycles. The third-order valence-electron chi connectivity index (χ3n) is 7.94. The Kier molecular flexibility index (Phi) is 4.89. The van der Waals surface area contributed by atoms with Gasteiger partial charge in [0.25, 0.3) is 23.6 Å². The van der Waals surface area contributed by atoms with Crippen LogP contribution in [0, 0.1) is 5.92 Å². The fourth-order valence-corrected chi connectivity index (χ4v) is 8.27. The van der Waals surface area contributed by atoms with Crippen molar-refractivity contribution in [2.24, 2.45) is 5.92 Å². The molecule has 0 bridgehead atoms.